The van der Waals surface area contributed by atoms with Gasteiger partial charge < -0.3 is 0 Å². The van der Waals surface area contributed by atoms with Gasteiger partial charge in [0.1, 0.15) is 0 Å². The van der Waals surface area contributed by atoms with Gasteiger partial charge in [0.15, 0.2) is 0 Å². The highest BCUT2D eigenvalue weighted by molar-refractivity contribution is 7.17. The summed E-state index contributed by atoms with van der Waals surface area (Å²) >= 11 is 8.36. The molecule has 16 heavy (non-hydrogen) atoms. The Morgan fingerprint density at radius 1 is 1.31 bits per heavy atom. The summed E-state index contributed by atoms with van der Waals surface area (Å²) < 4.78 is 1.34. The lowest BCUT2D eigenvalue weighted by molar-refractivity contribution is 0.510. The largest absolute Gasteiger partial charge is 0.143 e. The zero-order valence-corrected chi connectivity index (χ0v) is 11.3. The summed E-state index contributed by atoms with van der Waals surface area (Å²) in [5.41, 5.74) is 1.31. The van der Waals surface area contributed by atoms with Gasteiger partial charge >= 0.3 is 0 Å². The fourth-order valence-corrected chi connectivity index (χ4v) is 3.50. The van der Waals surface area contributed by atoms with E-state index >= 15 is 0 Å². The van der Waals surface area contributed by atoms with E-state index in [9.17, 15) is 0 Å². The number of hydrogen-bond acceptors (Lipinski definition) is 1. The van der Waals surface area contributed by atoms with Crippen molar-refractivity contribution in [1.82, 2.24) is 0 Å². The molecule has 0 aliphatic rings. The summed E-state index contributed by atoms with van der Waals surface area (Å²) in [6.45, 7) is 4.46. The Hall–Kier alpha value is -0.530. The standard InChI is InChI=1S/C14H17ClS/c1-3-6-10(2)14(15)12-9-16-13-8-5-4-7-11(12)13/h4-5,7-10,14H,3,6H2,1-2H3. The van der Waals surface area contributed by atoms with Crippen LogP contribution in [0.5, 0.6) is 0 Å². The van der Waals surface area contributed by atoms with Crippen molar-refractivity contribution in [3.63, 3.8) is 0 Å². The molecule has 1 aromatic heterocycles. The molecule has 0 nitrogen and oxygen atoms in total. The van der Waals surface area contributed by atoms with Crippen molar-refractivity contribution in [2.24, 2.45) is 5.92 Å². The van der Waals surface area contributed by atoms with Crippen molar-refractivity contribution in [2.45, 2.75) is 32.1 Å². The second kappa shape index (κ2) is 5.20. The SMILES string of the molecule is CCCC(C)C(Cl)c1csc2ccccc12. The van der Waals surface area contributed by atoms with Crippen molar-refractivity contribution in [3.05, 3.63) is 35.2 Å². The monoisotopic (exact) mass is 252 g/mol. The Balaban J connectivity index is 2.32. The third-order valence-electron chi connectivity index (χ3n) is 3.05. The Morgan fingerprint density at radius 3 is 2.81 bits per heavy atom. The Bertz CT molecular complexity index is 460. The molecule has 0 bridgehead atoms. The van der Waals surface area contributed by atoms with E-state index in [1.54, 1.807) is 11.3 Å². The van der Waals surface area contributed by atoms with Gasteiger partial charge in [-0.05, 0) is 34.7 Å². The average molecular weight is 253 g/mol. The van der Waals surface area contributed by atoms with Crippen LogP contribution in [-0.4, -0.2) is 0 Å². The third kappa shape index (κ3) is 2.26. The number of fused-ring (bicyclic) bond motifs is 1. The van der Waals surface area contributed by atoms with Gasteiger partial charge in [0.25, 0.3) is 0 Å². The van der Waals surface area contributed by atoms with Gasteiger partial charge in [0.2, 0.25) is 0 Å². The molecule has 2 rings (SSSR count). The van der Waals surface area contributed by atoms with Crippen molar-refractivity contribution in [1.29, 1.82) is 0 Å². The molecule has 2 heteroatoms. The topological polar surface area (TPSA) is 0 Å². The van der Waals surface area contributed by atoms with Gasteiger partial charge in [-0.25, -0.2) is 0 Å². The molecular formula is C14H17ClS. The Kier molecular flexibility index (Phi) is 3.88. The summed E-state index contributed by atoms with van der Waals surface area (Å²) in [5.74, 6) is 0.546. The molecule has 0 amide bonds. The molecule has 1 aromatic carbocycles. The number of benzene rings is 1. The van der Waals surface area contributed by atoms with Crippen LogP contribution in [0.15, 0.2) is 29.6 Å². The van der Waals surface area contributed by atoms with E-state index < -0.39 is 0 Å². The van der Waals surface area contributed by atoms with E-state index in [-0.39, 0.29) is 5.38 Å². The van der Waals surface area contributed by atoms with E-state index in [1.165, 1.54) is 28.5 Å². The highest BCUT2D eigenvalue weighted by atomic mass is 35.5. The van der Waals surface area contributed by atoms with Crippen molar-refractivity contribution in [3.8, 4) is 0 Å². The molecule has 0 aliphatic heterocycles. The molecule has 0 fully saturated rings. The summed E-state index contributed by atoms with van der Waals surface area (Å²) in [6, 6.07) is 8.51. The van der Waals surface area contributed by atoms with Gasteiger partial charge in [-0.15, -0.1) is 22.9 Å². The number of halogens is 1. The summed E-state index contributed by atoms with van der Waals surface area (Å²) in [7, 11) is 0. The highest BCUT2D eigenvalue weighted by Gasteiger charge is 2.18. The maximum atomic E-state index is 6.56. The lowest BCUT2D eigenvalue weighted by Crippen LogP contribution is -2.02. The van der Waals surface area contributed by atoms with Gasteiger partial charge in [-0.1, -0.05) is 38.5 Å². The average Bonchev–Trinajstić information content (AvgIpc) is 2.72. The van der Waals surface area contributed by atoms with Crippen LogP contribution in [0.25, 0.3) is 10.1 Å². The molecule has 0 radical (unpaired) electrons. The predicted octanol–water partition coefficient (Wildman–Crippen LogP) is 5.62. The molecule has 1 heterocycles. The molecule has 2 aromatic rings. The van der Waals surface area contributed by atoms with Gasteiger partial charge in [-0.2, -0.15) is 0 Å². The van der Waals surface area contributed by atoms with Crippen LogP contribution in [0.3, 0.4) is 0 Å². The minimum Gasteiger partial charge on any atom is -0.143 e. The van der Waals surface area contributed by atoms with Crippen molar-refractivity contribution in [2.75, 3.05) is 0 Å². The fourth-order valence-electron chi connectivity index (χ4n) is 2.12. The maximum Gasteiger partial charge on any atom is 0.0625 e. The van der Waals surface area contributed by atoms with Crippen LogP contribution in [0.1, 0.15) is 37.6 Å². The molecule has 2 unspecified atom stereocenters. The molecular weight excluding hydrogens is 236 g/mol. The number of hydrogen-bond donors (Lipinski definition) is 0. The van der Waals surface area contributed by atoms with Crippen LogP contribution in [0.2, 0.25) is 0 Å². The molecule has 0 aliphatic carbocycles. The van der Waals surface area contributed by atoms with Gasteiger partial charge in [0.05, 0.1) is 5.38 Å². The van der Waals surface area contributed by atoms with Gasteiger partial charge in [0, 0.05) is 4.70 Å². The summed E-state index contributed by atoms with van der Waals surface area (Å²) in [4.78, 5) is 0. The highest BCUT2D eigenvalue weighted by Crippen LogP contribution is 2.38. The predicted molar refractivity (Wildman–Crippen MR) is 74.5 cm³/mol. The number of rotatable bonds is 4. The van der Waals surface area contributed by atoms with Gasteiger partial charge in [-0.3, -0.25) is 0 Å². The first-order valence-corrected chi connectivity index (χ1v) is 7.15. The smallest absolute Gasteiger partial charge is 0.0625 e. The first-order valence-electron chi connectivity index (χ1n) is 5.84. The van der Waals surface area contributed by atoms with Crippen molar-refractivity contribution >= 4 is 33.0 Å². The zero-order valence-electron chi connectivity index (χ0n) is 9.74. The van der Waals surface area contributed by atoms with E-state index in [0.29, 0.717) is 5.92 Å². The quantitative estimate of drug-likeness (QED) is 0.620. The fraction of sp³-hybridized carbons (Fsp3) is 0.429. The summed E-state index contributed by atoms with van der Waals surface area (Å²) in [6.07, 6.45) is 2.39. The van der Waals surface area contributed by atoms with Crippen LogP contribution in [-0.2, 0) is 0 Å². The second-order valence-electron chi connectivity index (χ2n) is 4.35. The van der Waals surface area contributed by atoms with Crippen LogP contribution >= 0.6 is 22.9 Å². The molecule has 0 spiro atoms. The minimum atomic E-state index is 0.149. The lowest BCUT2D eigenvalue weighted by atomic mass is 9.96. The van der Waals surface area contributed by atoms with Crippen LogP contribution < -0.4 is 0 Å². The first-order chi connectivity index (χ1) is 7.74. The van der Waals surface area contributed by atoms with Crippen molar-refractivity contribution < 1.29 is 0 Å². The summed E-state index contributed by atoms with van der Waals surface area (Å²) in [5, 5.41) is 3.70. The van der Waals surface area contributed by atoms with E-state index in [1.807, 2.05) is 0 Å². The first kappa shape index (κ1) is 11.9. The molecule has 0 saturated carbocycles. The number of thiophene rings is 1. The molecule has 0 N–H and O–H groups in total. The lowest BCUT2D eigenvalue weighted by Gasteiger charge is -2.16. The Morgan fingerprint density at radius 2 is 2.06 bits per heavy atom. The normalized spacial score (nSPS) is 15.2. The molecule has 2 atom stereocenters. The second-order valence-corrected chi connectivity index (χ2v) is 5.74. The Labute approximate surface area is 106 Å². The van der Waals surface area contributed by atoms with Crippen LogP contribution in [0, 0.1) is 5.92 Å². The van der Waals surface area contributed by atoms with Crippen LogP contribution in [0.4, 0.5) is 0 Å². The van der Waals surface area contributed by atoms with E-state index in [0.717, 1.165) is 0 Å². The molecule has 86 valence electrons. The third-order valence-corrected chi connectivity index (χ3v) is 4.70. The maximum absolute atomic E-state index is 6.56. The molecule has 0 saturated heterocycles. The van der Waals surface area contributed by atoms with E-state index in [2.05, 4.69) is 43.5 Å². The zero-order chi connectivity index (χ0) is 11.5. The number of alkyl halides is 1. The van der Waals surface area contributed by atoms with E-state index in [4.69, 9.17) is 11.6 Å². The minimum absolute atomic E-state index is 0.149.